The van der Waals surface area contributed by atoms with Gasteiger partial charge in [-0.3, -0.25) is 0 Å². The number of carbonyl (C=O) groups is 1. The molecule has 1 N–H and O–H groups in total. The first-order valence-corrected chi connectivity index (χ1v) is 7.25. The minimum atomic E-state index is -0.969. The van der Waals surface area contributed by atoms with Gasteiger partial charge in [0.05, 0.1) is 10.6 Å². The lowest BCUT2D eigenvalue weighted by molar-refractivity contribution is 0.0697. The maximum atomic E-state index is 10.9. The Morgan fingerprint density at radius 1 is 1.21 bits per heavy atom. The number of aromatic carboxylic acids is 1. The SMILES string of the molecule is O=C(O)c1ccc(N2CC3(CCCCC3)C2)cc1Cl. The van der Waals surface area contributed by atoms with Crippen LogP contribution in [-0.4, -0.2) is 24.2 Å². The molecule has 1 aliphatic carbocycles. The second-order valence-corrected chi connectivity index (χ2v) is 6.29. The summed E-state index contributed by atoms with van der Waals surface area (Å²) in [7, 11) is 0. The van der Waals surface area contributed by atoms with Gasteiger partial charge in [0.1, 0.15) is 0 Å². The van der Waals surface area contributed by atoms with Gasteiger partial charge in [-0.15, -0.1) is 0 Å². The van der Waals surface area contributed by atoms with Gasteiger partial charge in [0.15, 0.2) is 0 Å². The first-order valence-electron chi connectivity index (χ1n) is 6.88. The van der Waals surface area contributed by atoms with Crippen LogP contribution in [-0.2, 0) is 0 Å². The van der Waals surface area contributed by atoms with E-state index in [1.807, 2.05) is 6.07 Å². The minimum absolute atomic E-state index is 0.179. The van der Waals surface area contributed by atoms with Crippen LogP contribution in [0.4, 0.5) is 5.69 Å². The summed E-state index contributed by atoms with van der Waals surface area (Å²) in [6.07, 6.45) is 6.76. The van der Waals surface area contributed by atoms with E-state index in [0.717, 1.165) is 18.8 Å². The van der Waals surface area contributed by atoms with Gasteiger partial charge >= 0.3 is 5.97 Å². The molecule has 0 atom stereocenters. The molecular formula is C15H18ClNO2. The molecule has 1 saturated carbocycles. The van der Waals surface area contributed by atoms with Gasteiger partial charge < -0.3 is 10.0 Å². The van der Waals surface area contributed by atoms with Gasteiger partial charge in [-0.05, 0) is 31.0 Å². The lowest BCUT2D eigenvalue weighted by Crippen LogP contribution is -2.57. The van der Waals surface area contributed by atoms with Crippen LogP contribution < -0.4 is 4.90 Å². The summed E-state index contributed by atoms with van der Waals surface area (Å²) in [6.45, 7) is 2.19. The second kappa shape index (κ2) is 4.71. The molecule has 1 aromatic carbocycles. The summed E-state index contributed by atoms with van der Waals surface area (Å²) in [5, 5.41) is 9.30. The van der Waals surface area contributed by atoms with E-state index in [-0.39, 0.29) is 5.56 Å². The molecule has 0 aromatic heterocycles. The molecule has 2 fully saturated rings. The van der Waals surface area contributed by atoms with Gasteiger partial charge in [0.25, 0.3) is 0 Å². The topological polar surface area (TPSA) is 40.5 Å². The van der Waals surface area contributed by atoms with Crippen molar-refractivity contribution < 1.29 is 9.90 Å². The molecule has 0 amide bonds. The van der Waals surface area contributed by atoms with E-state index in [2.05, 4.69) is 4.90 Å². The van der Waals surface area contributed by atoms with Crippen molar-refractivity contribution in [3.05, 3.63) is 28.8 Å². The van der Waals surface area contributed by atoms with Crippen molar-refractivity contribution in [2.24, 2.45) is 5.41 Å². The van der Waals surface area contributed by atoms with Crippen molar-refractivity contribution in [1.29, 1.82) is 0 Å². The highest BCUT2D eigenvalue weighted by Gasteiger charge is 2.43. The van der Waals surface area contributed by atoms with Crippen LogP contribution >= 0.6 is 11.6 Å². The molecule has 0 unspecified atom stereocenters. The first-order chi connectivity index (χ1) is 9.10. The number of halogens is 1. The molecule has 1 heterocycles. The Morgan fingerprint density at radius 3 is 2.47 bits per heavy atom. The molecular weight excluding hydrogens is 262 g/mol. The molecule has 102 valence electrons. The molecule has 3 nitrogen and oxygen atoms in total. The molecule has 1 aliphatic heterocycles. The van der Waals surface area contributed by atoms with Gasteiger partial charge in [0.2, 0.25) is 0 Å². The van der Waals surface area contributed by atoms with Gasteiger partial charge in [-0.1, -0.05) is 30.9 Å². The van der Waals surface area contributed by atoms with Crippen LogP contribution in [0.15, 0.2) is 18.2 Å². The zero-order valence-electron chi connectivity index (χ0n) is 10.9. The Kier molecular flexibility index (Phi) is 3.17. The fraction of sp³-hybridized carbons (Fsp3) is 0.533. The van der Waals surface area contributed by atoms with Crippen molar-refractivity contribution in [2.45, 2.75) is 32.1 Å². The summed E-state index contributed by atoms with van der Waals surface area (Å²) < 4.78 is 0. The molecule has 4 heteroatoms. The van der Waals surface area contributed by atoms with Crippen molar-refractivity contribution in [1.82, 2.24) is 0 Å². The zero-order chi connectivity index (χ0) is 13.5. The number of carboxylic acids is 1. The van der Waals surface area contributed by atoms with Crippen LogP contribution in [0.1, 0.15) is 42.5 Å². The number of benzene rings is 1. The van der Waals surface area contributed by atoms with Gasteiger partial charge in [-0.25, -0.2) is 4.79 Å². The monoisotopic (exact) mass is 279 g/mol. The van der Waals surface area contributed by atoms with Crippen LogP contribution in [0.25, 0.3) is 0 Å². The largest absolute Gasteiger partial charge is 0.478 e. The number of hydrogen-bond donors (Lipinski definition) is 1. The highest BCUT2D eigenvalue weighted by atomic mass is 35.5. The fourth-order valence-electron chi connectivity index (χ4n) is 3.44. The van der Waals surface area contributed by atoms with E-state index in [4.69, 9.17) is 16.7 Å². The lowest BCUT2D eigenvalue weighted by atomic mass is 9.68. The maximum absolute atomic E-state index is 10.9. The third-order valence-corrected chi connectivity index (χ3v) is 4.83. The summed E-state index contributed by atoms with van der Waals surface area (Å²) in [6, 6.07) is 5.25. The molecule has 2 aliphatic rings. The molecule has 0 radical (unpaired) electrons. The zero-order valence-corrected chi connectivity index (χ0v) is 11.6. The lowest BCUT2D eigenvalue weighted by Gasteiger charge is -2.53. The highest BCUT2D eigenvalue weighted by Crippen LogP contribution is 2.45. The number of rotatable bonds is 2. The Bertz CT molecular complexity index is 501. The standard InChI is InChI=1S/C15H18ClNO2/c16-13-8-11(4-5-12(13)14(18)19)17-9-15(10-17)6-2-1-3-7-15/h4-5,8H,1-3,6-7,9-10H2,(H,18,19). The van der Waals surface area contributed by atoms with Gasteiger partial charge in [0, 0.05) is 24.2 Å². The van der Waals surface area contributed by atoms with Crippen molar-refractivity contribution in [3.63, 3.8) is 0 Å². The molecule has 19 heavy (non-hydrogen) atoms. The van der Waals surface area contributed by atoms with Gasteiger partial charge in [-0.2, -0.15) is 0 Å². The number of carboxylic acid groups (broad SMARTS) is 1. The minimum Gasteiger partial charge on any atom is -0.478 e. The van der Waals surface area contributed by atoms with Crippen molar-refractivity contribution in [3.8, 4) is 0 Å². The molecule has 0 bridgehead atoms. The summed E-state index contributed by atoms with van der Waals surface area (Å²) in [4.78, 5) is 13.2. The predicted molar refractivity (Wildman–Crippen MR) is 76.1 cm³/mol. The third-order valence-electron chi connectivity index (χ3n) is 4.51. The van der Waals surface area contributed by atoms with Crippen LogP contribution in [0.5, 0.6) is 0 Å². The average molecular weight is 280 g/mol. The van der Waals surface area contributed by atoms with Crippen molar-refractivity contribution >= 4 is 23.3 Å². The molecule has 3 rings (SSSR count). The number of anilines is 1. The summed E-state index contributed by atoms with van der Waals surface area (Å²) in [5.74, 6) is -0.969. The summed E-state index contributed by atoms with van der Waals surface area (Å²) >= 11 is 6.02. The Labute approximate surface area is 118 Å². The van der Waals surface area contributed by atoms with E-state index < -0.39 is 5.97 Å². The quantitative estimate of drug-likeness (QED) is 0.895. The normalized spacial score (nSPS) is 21.2. The van der Waals surface area contributed by atoms with Crippen LogP contribution in [0.3, 0.4) is 0 Å². The Hall–Kier alpha value is -1.22. The van der Waals surface area contributed by atoms with Crippen LogP contribution in [0, 0.1) is 5.41 Å². The van der Waals surface area contributed by atoms with E-state index in [9.17, 15) is 4.79 Å². The van der Waals surface area contributed by atoms with Crippen molar-refractivity contribution in [2.75, 3.05) is 18.0 Å². The Balaban J connectivity index is 1.71. The highest BCUT2D eigenvalue weighted by molar-refractivity contribution is 6.33. The number of nitrogens with zero attached hydrogens (tertiary/aromatic N) is 1. The number of hydrogen-bond acceptors (Lipinski definition) is 2. The molecule has 1 spiro atoms. The van der Waals surface area contributed by atoms with E-state index >= 15 is 0 Å². The van der Waals surface area contributed by atoms with E-state index in [0.29, 0.717) is 10.4 Å². The summed E-state index contributed by atoms with van der Waals surface area (Å²) in [5.41, 5.74) is 1.75. The first kappa shape index (κ1) is 12.8. The van der Waals surface area contributed by atoms with E-state index in [1.54, 1.807) is 12.1 Å². The maximum Gasteiger partial charge on any atom is 0.337 e. The van der Waals surface area contributed by atoms with E-state index in [1.165, 1.54) is 32.1 Å². The molecule has 1 saturated heterocycles. The van der Waals surface area contributed by atoms with Crippen LogP contribution in [0.2, 0.25) is 5.02 Å². The fourth-order valence-corrected chi connectivity index (χ4v) is 3.69. The average Bonchev–Trinajstić information content (AvgIpc) is 2.36. The third kappa shape index (κ3) is 2.32. The molecule has 1 aromatic rings. The predicted octanol–water partition coefficient (Wildman–Crippen LogP) is 3.81. The Morgan fingerprint density at radius 2 is 1.89 bits per heavy atom. The smallest absolute Gasteiger partial charge is 0.337 e. The second-order valence-electron chi connectivity index (χ2n) is 5.89.